The van der Waals surface area contributed by atoms with E-state index in [0.717, 1.165) is 0 Å². The third kappa shape index (κ3) is 3.25. The van der Waals surface area contributed by atoms with Crippen molar-refractivity contribution < 1.29 is 28.4 Å². The Morgan fingerprint density at radius 3 is 1.24 bits per heavy atom. The summed E-state index contributed by atoms with van der Waals surface area (Å²) in [5, 5.41) is 0. The van der Waals surface area contributed by atoms with E-state index < -0.39 is 17.4 Å². The second-order valence-electron chi connectivity index (χ2n) is 7.30. The van der Waals surface area contributed by atoms with Gasteiger partial charge < -0.3 is 28.4 Å². The van der Waals surface area contributed by atoms with Crippen LogP contribution in [0.4, 0.5) is 0 Å². The van der Waals surface area contributed by atoms with Crippen LogP contribution in [-0.4, -0.2) is 55.0 Å². The molecule has 3 rings (SSSR count). The van der Waals surface area contributed by atoms with Gasteiger partial charge in [0, 0.05) is 0 Å². The summed E-state index contributed by atoms with van der Waals surface area (Å²) in [6, 6.07) is 0. The first-order valence-corrected chi connectivity index (χ1v) is 7.56. The number of hydrogen-bond donors (Lipinski definition) is 0. The minimum absolute atomic E-state index is 0.168. The summed E-state index contributed by atoms with van der Waals surface area (Å²) in [5.74, 6) is -1.84. The van der Waals surface area contributed by atoms with E-state index in [0.29, 0.717) is 13.2 Å². The van der Waals surface area contributed by atoms with E-state index in [9.17, 15) is 0 Å². The van der Waals surface area contributed by atoms with E-state index in [1.807, 2.05) is 41.5 Å². The van der Waals surface area contributed by atoms with Gasteiger partial charge in [-0.2, -0.15) is 0 Å². The van der Waals surface area contributed by atoms with Gasteiger partial charge in [0.2, 0.25) is 0 Å². The van der Waals surface area contributed by atoms with Crippen molar-refractivity contribution in [1.82, 2.24) is 0 Å². The first-order chi connectivity index (χ1) is 9.57. The molecule has 3 aliphatic heterocycles. The maximum Gasteiger partial charge on any atom is 0.164 e. The molecule has 122 valence electrons. The first kappa shape index (κ1) is 15.6. The van der Waals surface area contributed by atoms with Crippen molar-refractivity contribution in [3.8, 4) is 0 Å². The third-order valence-corrected chi connectivity index (χ3v) is 3.96. The van der Waals surface area contributed by atoms with Gasteiger partial charge >= 0.3 is 0 Å². The summed E-state index contributed by atoms with van der Waals surface area (Å²) >= 11 is 0. The normalized spacial score (nSPS) is 44.3. The molecule has 0 radical (unpaired) electrons. The Hall–Kier alpha value is -0.240. The fraction of sp³-hybridized carbons (Fsp3) is 1.00. The molecule has 0 bridgehead atoms. The highest BCUT2D eigenvalue weighted by molar-refractivity contribution is 4.96. The first-order valence-electron chi connectivity index (χ1n) is 7.56. The Bertz CT molecular complexity index is 369. The molecule has 21 heavy (non-hydrogen) atoms. The largest absolute Gasteiger partial charge is 0.348 e. The highest BCUT2D eigenvalue weighted by Crippen LogP contribution is 2.39. The van der Waals surface area contributed by atoms with Crippen LogP contribution in [0.3, 0.4) is 0 Å². The smallest absolute Gasteiger partial charge is 0.164 e. The van der Waals surface area contributed by atoms with Gasteiger partial charge in [-0.1, -0.05) is 0 Å². The van der Waals surface area contributed by atoms with Crippen molar-refractivity contribution in [3.05, 3.63) is 0 Å². The molecule has 0 saturated carbocycles. The van der Waals surface area contributed by atoms with E-state index in [-0.39, 0.29) is 24.4 Å². The molecule has 1 unspecified atom stereocenters. The molecule has 3 fully saturated rings. The lowest BCUT2D eigenvalue weighted by molar-refractivity contribution is -0.178. The number of ether oxygens (including phenoxy) is 6. The van der Waals surface area contributed by atoms with Crippen LogP contribution in [0.15, 0.2) is 0 Å². The molecule has 0 aliphatic carbocycles. The summed E-state index contributed by atoms with van der Waals surface area (Å²) in [5.41, 5.74) is 0. The number of hydrogen-bond acceptors (Lipinski definition) is 6. The lowest BCUT2D eigenvalue weighted by Crippen LogP contribution is -2.45. The van der Waals surface area contributed by atoms with Gasteiger partial charge in [0.25, 0.3) is 0 Å². The molecule has 3 aliphatic rings. The maximum atomic E-state index is 6.06. The Morgan fingerprint density at radius 1 is 0.571 bits per heavy atom. The fourth-order valence-electron chi connectivity index (χ4n) is 3.15. The quantitative estimate of drug-likeness (QED) is 0.775. The zero-order chi connectivity index (χ0) is 15.5. The van der Waals surface area contributed by atoms with Gasteiger partial charge in [-0.25, -0.2) is 0 Å². The molecular weight excluding hydrogens is 276 g/mol. The second-order valence-corrected chi connectivity index (χ2v) is 7.30. The molecule has 6 nitrogen and oxygen atoms in total. The molecule has 3 heterocycles. The lowest BCUT2D eigenvalue weighted by atomic mass is 10.0. The van der Waals surface area contributed by atoms with E-state index >= 15 is 0 Å². The molecule has 3 saturated heterocycles. The molecule has 0 amide bonds. The molecular formula is C15H26O6. The van der Waals surface area contributed by atoms with E-state index in [4.69, 9.17) is 28.4 Å². The Morgan fingerprint density at radius 2 is 0.952 bits per heavy atom. The van der Waals surface area contributed by atoms with Crippen molar-refractivity contribution in [2.24, 2.45) is 0 Å². The van der Waals surface area contributed by atoms with E-state index in [2.05, 4.69) is 0 Å². The van der Waals surface area contributed by atoms with Crippen LogP contribution in [-0.2, 0) is 28.4 Å². The molecule has 0 spiro atoms. The Balaban J connectivity index is 1.75. The van der Waals surface area contributed by atoms with Crippen LogP contribution in [0.25, 0.3) is 0 Å². The SMILES string of the molecule is CC1(C)OC[C@H](C2OC(C)(C)O[C@@H]2[C@H]2COC(C)(C)O2)O1. The van der Waals surface area contributed by atoms with Crippen LogP contribution < -0.4 is 0 Å². The molecule has 0 aromatic carbocycles. The Labute approximate surface area is 126 Å². The van der Waals surface area contributed by atoms with Crippen molar-refractivity contribution in [3.63, 3.8) is 0 Å². The standard InChI is InChI=1S/C15H26O6/c1-13(2)16-7-9(18-13)11-12(21-15(5,6)20-11)10-8-17-14(3,4)19-10/h9-12H,7-8H2,1-6H3/t9-,10-,11-,12?/m1/s1. The third-order valence-electron chi connectivity index (χ3n) is 3.96. The van der Waals surface area contributed by atoms with Gasteiger partial charge in [-0.05, 0) is 41.5 Å². The van der Waals surface area contributed by atoms with Crippen LogP contribution in [0.5, 0.6) is 0 Å². The van der Waals surface area contributed by atoms with Crippen molar-refractivity contribution in [2.45, 2.75) is 83.3 Å². The summed E-state index contributed by atoms with van der Waals surface area (Å²) in [4.78, 5) is 0. The fourth-order valence-corrected chi connectivity index (χ4v) is 3.15. The lowest BCUT2D eigenvalue weighted by Gasteiger charge is -2.26. The highest BCUT2D eigenvalue weighted by atomic mass is 16.8. The van der Waals surface area contributed by atoms with Crippen molar-refractivity contribution >= 4 is 0 Å². The Kier molecular flexibility index (Phi) is 3.63. The monoisotopic (exact) mass is 302 g/mol. The van der Waals surface area contributed by atoms with Crippen molar-refractivity contribution in [1.29, 1.82) is 0 Å². The summed E-state index contributed by atoms with van der Waals surface area (Å²) in [7, 11) is 0. The van der Waals surface area contributed by atoms with E-state index in [1.165, 1.54) is 0 Å². The van der Waals surface area contributed by atoms with Gasteiger partial charge in [-0.15, -0.1) is 0 Å². The summed E-state index contributed by atoms with van der Waals surface area (Å²) < 4.78 is 35.3. The van der Waals surface area contributed by atoms with Crippen LogP contribution in [0, 0.1) is 0 Å². The average molecular weight is 302 g/mol. The highest BCUT2D eigenvalue weighted by Gasteiger charge is 2.54. The zero-order valence-corrected chi connectivity index (χ0v) is 13.7. The van der Waals surface area contributed by atoms with Gasteiger partial charge in [0.05, 0.1) is 13.2 Å². The van der Waals surface area contributed by atoms with Crippen LogP contribution in [0.1, 0.15) is 41.5 Å². The summed E-state index contributed by atoms with van der Waals surface area (Å²) in [6.45, 7) is 12.4. The molecule has 0 aromatic heterocycles. The predicted molar refractivity (Wildman–Crippen MR) is 73.6 cm³/mol. The molecule has 4 atom stereocenters. The molecule has 6 heteroatoms. The maximum absolute atomic E-state index is 6.06. The van der Waals surface area contributed by atoms with Gasteiger partial charge in [0.1, 0.15) is 24.4 Å². The number of rotatable bonds is 2. The average Bonchev–Trinajstić information content (AvgIpc) is 2.94. The minimum atomic E-state index is -0.665. The minimum Gasteiger partial charge on any atom is -0.348 e. The molecule has 0 aromatic rings. The van der Waals surface area contributed by atoms with E-state index in [1.54, 1.807) is 0 Å². The molecule has 0 N–H and O–H groups in total. The van der Waals surface area contributed by atoms with Crippen LogP contribution >= 0.6 is 0 Å². The predicted octanol–water partition coefficient (Wildman–Crippen LogP) is 1.81. The van der Waals surface area contributed by atoms with Gasteiger partial charge in [-0.3, -0.25) is 0 Å². The summed E-state index contributed by atoms with van der Waals surface area (Å²) in [6.07, 6.45) is -0.799. The topological polar surface area (TPSA) is 55.4 Å². The van der Waals surface area contributed by atoms with Gasteiger partial charge in [0.15, 0.2) is 17.4 Å². The van der Waals surface area contributed by atoms with Crippen LogP contribution in [0.2, 0.25) is 0 Å². The second kappa shape index (κ2) is 4.88. The van der Waals surface area contributed by atoms with Crippen molar-refractivity contribution in [2.75, 3.05) is 13.2 Å². The zero-order valence-electron chi connectivity index (χ0n) is 13.7.